The molecule has 0 fully saturated rings. The molecule has 0 saturated carbocycles. The molecule has 13 heavy (non-hydrogen) atoms. The van der Waals surface area contributed by atoms with Gasteiger partial charge in [-0.2, -0.15) is 5.10 Å². The van der Waals surface area contributed by atoms with E-state index in [1.807, 2.05) is 19.1 Å². The standard InChI is InChI=1S/C7H8N4S2/c1-4-2-3-5(13-4)6-9-10-7(12)11(6)8/h2-3H,8H2,1H3,(H,10,12). The van der Waals surface area contributed by atoms with Crippen molar-refractivity contribution in [2.45, 2.75) is 6.92 Å². The molecule has 0 aliphatic heterocycles. The molecule has 6 heteroatoms. The molecule has 0 aliphatic rings. The quantitative estimate of drug-likeness (QED) is 0.558. The van der Waals surface area contributed by atoms with Crippen LogP contribution in [0, 0.1) is 11.7 Å². The Labute approximate surface area is 84.0 Å². The van der Waals surface area contributed by atoms with E-state index in [0.717, 1.165) is 4.88 Å². The number of hydrogen-bond donors (Lipinski definition) is 2. The molecule has 0 amide bonds. The highest BCUT2D eigenvalue weighted by atomic mass is 32.1. The Morgan fingerprint density at radius 1 is 1.62 bits per heavy atom. The van der Waals surface area contributed by atoms with Gasteiger partial charge in [0.15, 0.2) is 5.82 Å². The fourth-order valence-electron chi connectivity index (χ4n) is 1.03. The van der Waals surface area contributed by atoms with Gasteiger partial charge in [-0.3, -0.25) is 0 Å². The van der Waals surface area contributed by atoms with Gasteiger partial charge in [-0.05, 0) is 31.3 Å². The SMILES string of the molecule is Cc1ccc(-c2n[nH]c(=S)n2N)s1. The van der Waals surface area contributed by atoms with Crippen LogP contribution in [0.2, 0.25) is 0 Å². The van der Waals surface area contributed by atoms with Crippen LogP contribution >= 0.6 is 23.6 Å². The molecular formula is C7H8N4S2. The van der Waals surface area contributed by atoms with Crippen molar-refractivity contribution in [2.75, 3.05) is 5.84 Å². The van der Waals surface area contributed by atoms with Crippen molar-refractivity contribution in [3.8, 4) is 10.7 Å². The van der Waals surface area contributed by atoms with Crippen LogP contribution in [0.1, 0.15) is 4.88 Å². The van der Waals surface area contributed by atoms with Crippen LogP contribution < -0.4 is 5.84 Å². The number of nitrogens with one attached hydrogen (secondary N) is 1. The van der Waals surface area contributed by atoms with Gasteiger partial charge in [0.2, 0.25) is 4.77 Å². The molecule has 0 aliphatic carbocycles. The zero-order valence-electron chi connectivity index (χ0n) is 6.94. The van der Waals surface area contributed by atoms with E-state index in [1.54, 1.807) is 11.3 Å². The molecule has 0 aromatic carbocycles. The Morgan fingerprint density at radius 3 is 2.85 bits per heavy atom. The fraction of sp³-hybridized carbons (Fsp3) is 0.143. The van der Waals surface area contributed by atoms with Gasteiger partial charge >= 0.3 is 0 Å². The number of nitrogens with zero attached hydrogens (tertiary/aromatic N) is 2. The van der Waals surface area contributed by atoms with Crippen LogP contribution in [0.25, 0.3) is 10.7 Å². The molecule has 4 nitrogen and oxygen atoms in total. The van der Waals surface area contributed by atoms with Crippen LogP contribution in [-0.4, -0.2) is 14.9 Å². The van der Waals surface area contributed by atoms with Crippen LogP contribution in [0.15, 0.2) is 12.1 Å². The van der Waals surface area contributed by atoms with Crippen molar-refractivity contribution in [3.05, 3.63) is 21.8 Å². The Bertz CT molecular complexity index is 479. The van der Waals surface area contributed by atoms with Crippen LogP contribution in [-0.2, 0) is 0 Å². The van der Waals surface area contributed by atoms with Gasteiger partial charge in [-0.1, -0.05) is 0 Å². The third kappa shape index (κ3) is 1.38. The van der Waals surface area contributed by atoms with Crippen LogP contribution in [0.4, 0.5) is 0 Å². The molecule has 2 rings (SSSR count). The molecule has 0 saturated heterocycles. The topological polar surface area (TPSA) is 59.6 Å². The maximum absolute atomic E-state index is 5.67. The van der Waals surface area contributed by atoms with Gasteiger partial charge in [0.05, 0.1) is 4.88 Å². The van der Waals surface area contributed by atoms with E-state index in [2.05, 4.69) is 10.2 Å². The minimum absolute atomic E-state index is 0.432. The lowest BCUT2D eigenvalue weighted by Crippen LogP contribution is -2.09. The summed E-state index contributed by atoms with van der Waals surface area (Å²) in [6, 6.07) is 4.01. The van der Waals surface area contributed by atoms with Crippen molar-refractivity contribution < 1.29 is 0 Å². The smallest absolute Gasteiger partial charge is 0.214 e. The molecule has 2 heterocycles. The predicted molar refractivity (Wildman–Crippen MR) is 55.6 cm³/mol. The zero-order valence-corrected chi connectivity index (χ0v) is 8.58. The number of thiophene rings is 1. The van der Waals surface area contributed by atoms with Crippen LogP contribution in [0.3, 0.4) is 0 Å². The number of nitrogen functional groups attached to an aromatic ring is 1. The average Bonchev–Trinajstić information content (AvgIpc) is 2.62. The molecule has 68 valence electrons. The lowest BCUT2D eigenvalue weighted by molar-refractivity contribution is 0.986. The number of rotatable bonds is 1. The van der Waals surface area contributed by atoms with E-state index in [-0.39, 0.29) is 0 Å². The summed E-state index contributed by atoms with van der Waals surface area (Å²) in [5.41, 5.74) is 0. The molecule has 2 aromatic heterocycles. The lowest BCUT2D eigenvalue weighted by atomic mass is 10.4. The van der Waals surface area contributed by atoms with Crippen molar-refractivity contribution in [1.29, 1.82) is 0 Å². The average molecular weight is 212 g/mol. The van der Waals surface area contributed by atoms with Gasteiger partial charge in [0.25, 0.3) is 0 Å². The molecule has 3 N–H and O–H groups in total. The highest BCUT2D eigenvalue weighted by molar-refractivity contribution is 7.71. The highest BCUT2D eigenvalue weighted by Crippen LogP contribution is 2.24. The van der Waals surface area contributed by atoms with Crippen LogP contribution in [0.5, 0.6) is 0 Å². The second-order valence-electron chi connectivity index (χ2n) is 2.63. The Hall–Kier alpha value is -1.14. The number of aryl methyl sites for hydroxylation is 1. The van der Waals surface area contributed by atoms with E-state index in [4.69, 9.17) is 18.1 Å². The second-order valence-corrected chi connectivity index (χ2v) is 4.31. The van der Waals surface area contributed by atoms with Crippen molar-refractivity contribution in [3.63, 3.8) is 0 Å². The van der Waals surface area contributed by atoms with Crippen molar-refractivity contribution in [1.82, 2.24) is 14.9 Å². The summed E-state index contributed by atoms with van der Waals surface area (Å²) in [5.74, 6) is 6.35. The Morgan fingerprint density at radius 2 is 2.38 bits per heavy atom. The normalized spacial score (nSPS) is 10.5. The monoisotopic (exact) mass is 212 g/mol. The zero-order chi connectivity index (χ0) is 9.42. The third-order valence-corrected chi connectivity index (χ3v) is 2.95. The first-order chi connectivity index (χ1) is 6.18. The van der Waals surface area contributed by atoms with E-state index >= 15 is 0 Å². The first-order valence-corrected chi connectivity index (χ1v) is 4.90. The molecular weight excluding hydrogens is 204 g/mol. The van der Waals surface area contributed by atoms with Gasteiger partial charge in [0.1, 0.15) is 0 Å². The van der Waals surface area contributed by atoms with Gasteiger partial charge in [0, 0.05) is 4.88 Å². The first kappa shape index (κ1) is 8.46. The lowest BCUT2D eigenvalue weighted by Gasteiger charge is -1.94. The summed E-state index contributed by atoms with van der Waals surface area (Å²) in [7, 11) is 0. The summed E-state index contributed by atoms with van der Waals surface area (Å²) in [4.78, 5) is 2.25. The fourth-order valence-corrected chi connectivity index (χ4v) is 2.02. The van der Waals surface area contributed by atoms with Gasteiger partial charge in [-0.15, -0.1) is 11.3 Å². The molecule has 0 atom stereocenters. The molecule has 2 aromatic rings. The Kier molecular flexibility index (Phi) is 1.93. The molecule has 0 bridgehead atoms. The maximum Gasteiger partial charge on any atom is 0.214 e. The minimum Gasteiger partial charge on any atom is -0.335 e. The van der Waals surface area contributed by atoms with Gasteiger partial charge < -0.3 is 5.84 Å². The highest BCUT2D eigenvalue weighted by Gasteiger charge is 2.07. The molecule has 0 radical (unpaired) electrons. The van der Waals surface area contributed by atoms with E-state index in [9.17, 15) is 0 Å². The Balaban J connectivity index is 2.58. The number of aromatic amines is 1. The summed E-state index contributed by atoms with van der Waals surface area (Å²) >= 11 is 6.54. The summed E-state index contributed by atoms with van der Waals surface area (Å²) in [5, 5.41) is 6.67. The van der Waals surface area contributed by atoms with E-state index in [0.29, 0.717) is 10.6 Å². The molecule has 0 spiro atoms. The molecule has 0 unspecified atom stereocenters. The third-order valence-electron chi connectivity index (χ3n) is 1.67. The minimum atomic E-state index is 0.432. The van der Waals surface area contributed by atoms with Crippen molar-refractivity contribution in [2.24, 2.45) is 0 Å². The van der Waals surface area contributed by atoms with Crippen molar-refractivity contribution >= 4 is 23.6 Å². The predicted octanol–water partition coefficient (Wildman–Crippen LogP) is 1.69. The number of nitrogens with two attached hydrogens (primary N) is 1. The number of aromatic nitrogens is 3. The summed E-state index contributed by atoms with van der Waals surface area (Å²) in [6.45, 7) is 2.04. The largest absolute Gasteiger partial charge is 0.335 e. The second kappa shape index (κ2) is 2.97. The van der Waals surface area contributed by atoms with Gasteiger partial charge in [-0.25, -0.2) is 9.77 Å². The van der Waals surface area contributed by atoms with E-state index in [1.165, 1.54) is 9.55 Å². The summed E-state index contributed by atoms with van der Waals surface area (Å²) in [6.07, 6.45) is 0. The number of hydrogen-bond acceptors (Lipinski definition) is 4. The first-order valence-electron chi connectivity index (χ1n) is 3.68. The summed E-state index contributed by atoms with van der Waals surface area (Å²) < 4.78 is 1.81. The van der Waals surface area contributed by atoms with E-state index < -0.39 is 0 Å². The number of H-pyrrole nitrogens is 1. The maximum atomic E-state index is 5.67.